The van der Waals surface area contributed by atoms with E-state index in [0.717, 1.165) is 24.3 Å². The monoisotopic (exact) mass is 278 g/mol. The van der Waals surface area contributed by atoms with Crippen LogP contribution < -0.4 is 10.2 Å². The van der Waals surface area contributed by atoms with E-state index in [1.165, 1.54) is 11.3 Å². The van der Waals surface area contributed by atoms with Crippen molar-refractivity contribution in [1.29, 1.82) is 0 Å². The average molecular weight is 278 g/mol. The Morgan fingerprint density at radius 2 is 2.37 bits per heavy atom. The minimum atomic E-state index is -0.313. The predicted molar refractivity (Wildman–Crippen MR) is 76.0 cm³/mol. The van der Waals surface area contributed by atoms with Crippen molar-refractivity contribution in [2.24, 2.45) is 0 Å². The van der Waals surface area contributed by atoms with E-state index in [0.29, 0.717) is 17.2 Å². The minimum absolute atomic E-state index is 0.132. The van der Waals surface area contributed by atoms with Crippen molar-refractivity contribution in [2.75, 3.05) is 24.5 Å². The van der Waals surface area contributed by atoms with Crippen LogP contribution in [0.2, 0.25) is 0 Å². The third-order valence-corrected chi connectivity index (χ3v) is 4.28. The van der Waals surface area contributed by atoms with E-state index in [2.05, 4.69) is 15.2 Å². The Hall–Kier alpha value is -1.73. The van der Waals surface area contributed by atoms with E-state index in [1.54, 1.807) is 5.51 Å². The lowest BCUT2D eigenvalue weighted by molar-refractivity contribution is -0.382. The molecule has 0 atom stereocenters. The summed E-state index contributed by atoms with van der Waals surface area (Å²) in [6.07, 6.45) is 0. The van der Waals surface area contributed by atoms with Crippen LogP contribution in [0.5, 0.6) is 0 Å². The molecule has 0 unspecified atom stereocenters. The average Bonchev–Trinajstić information content (AvgIpc) is 2.79. The molecule has 1 aliphatic heterocycles. The summed E-state index contributed by atoms with van der Waals surface area (Å²) in [7, 11) is 0. The first-order chi connectivity index (χ1) is 9.22. The molecular formula is C12H14N4O2S. The summed E-state index contributed by atoms with van der Waals surface area (Å²) in [5.41, 5.74) is 2.96. The lowest BCUT2D eigenvalue weighted by Gasteiger charge is -2.38. The number of nitro groups is 1. The van der Waals surface area contributed by atoms with Crippen LogP contribution in [0.3, 0.4) is 0 Å². The SMILES string of the molecule is CCN(c1ccc2scnc2c1[N+](=O)[O-])C1CNC1. The van der Waals surface area contributed by atoms with Crippen molar-refractivity contribution in [3.05, 3.63) is 27.8 Å². The van der Waals surface area contributed by atoms with E-state index < -0.39 is 0 Å². The number of rotatable bonds is 4. The number of aromatic nitrogens is 1. The van der Waals surface area contributed by atoms with Gasteiger partial charge in [-0.3, -0.25) is 10.1 Å². The molecule has 0 amide bonds. The van der Waals surface area contributed by atoms with Gasteiger partial charge in [0.05, 0.1) is 21.2 Å². The fourth-order valence-corrected chi connectivity index (χ4v) is 3.12. The van der Waals surface area contributed by atoms with Gasteiger partial charge in [-0.2, -0.15) is 0 Å². The molecule has 1 fully saturated rings. The molecule has 1 N–H and O–H groups in total. The van der Waals surface area contributed by atoms with Gasteiger partial charge in [-0.15, -0.1) is 11.3 Å². The number of nitrogens with zero attached hydrogens (tertiary/aromatic N) is 3. The molecule has 0 radical (unpaired) electrons. The van der Waals surface area contributed by atoms with E-state index in [9.17, 15) is 10.1 Å². The standard InChI is InChI=1S/C12H14N4O2S/c1-2-15(8-5-13-6-8)9-3-4-10-11(14-7-19-10)12(9)16(17)18/h3-4,7-8,13H,2,5-6H2,1H3. The maximum Gasteiger partial charge on any atom is 0.319 e. The summed E-state index contributed by atoms with van der Waals surface area (Å²) in [6, 6.07) is 4.10. The number of likely N-dealkylation sites (N-methyl/N-ethyl adjacent to an activating group) is 1. The normalized spacial score (nSPS) is 15.4. The number of benzene rings is 1. The second-order valence-corrected chi connectivity index (χ2v) is 5.37. The Morgan fingerprint density at radius 1 is 1.58 bits per heavy atom. The molecule has 0 bridgehead atoms. The second-order valence-electron chi connectivity index (χ2n) is 4.49. The molecule has 1 aromatic heterocycles. The number of nitro benzene ring substituents is 1. The molecule has 2 aromatic rings. The van der Waals surface area contributed by atoms with E-state index in [1.807, 2.05) is 19.1 Å². The van der Waals surface area contributed by atoms with Gasteiger partial charge in [-0.05, 0) is 19.1 Å². The van der Waals surface area contributed by atoms with Gasteiger partial charge < -0.3 is 10.2 Å². The van der Waals surface area contributed by atoms with Crippen molar-refractivity contribution < 1.29 is 4.92 Å². The number of anilines is 1. The van der Waals surface area contributed by atoms with Crippen LogP contribution in [0, 0.1) is 10.1 Å². The van der Waals surface area contributed by atoms with Gasteiger partial charge in [0.25, 0.3) is 0 Å². The van der Waals surface area contributed by atoms with Gasteiger partial charge in [0.1, 0.15) is 5.69 Å². The van der Waals surface area contributed by atoms with Gasteiger partial charge in [0, 0.05) is 19.6 Å². The molecule has 0 saturated carbocycles. The number of hydrogen-bond donors (Lipinski definition) is 1. The third-order valence-electron chi connectivity index (χ3n) is 3.49. The maximum atomic E-state index is 11.4. The molecule has 3 rings (SSSR count). The number of hydrogen-bond acceptors (Lipinski definition) is 6. The zero-order valence-electron chi connectivity index (χ0n) is 10.5. The molecule has 100 valence electrons. The van der Waals surface area contributed by atoms with Gasteiger partial charge in [-0.25, -0.2) is 4.98 Å². The highest BCUT2D eigenvalue weighted by Crippen LogP contribution is 2.37. The molecule has 2 heterocycles. The Kier molecular flexibility index (Phi) is 3.08. The van der Waals surface area contributed by atoms with Crippen molar-refractivity contribution in [3.63, 3.8) is 0 Å². The lowest BCUT2D eigenvalue weighted by Crippen LogP contribution is -2.57. The Bertz CT molecular complexity index is 623. The first kappa shape index (κ1) is 12.3. The topological polar surface area (TPSA) is 71.3 Å². The van der Waals surface area contributed by atoms with Crippen LogP contribution in [0.25, 0.3) is 10.2 Å². The number of nitrogens with one attached hydrogen (secondary N) is 1. The molecule has 0 aliphatic carbocycles. The second kappa shape index (κ2) is 4.75. The minimum Gasteiger partial charge on any atom is -0.361 e. The van der Waals surface area contributed by atoms with Crippen molar-refractivity contribution in [3.8, 4) is 0 Å². The highest BCUT2D eigenvalue weighted by molar-refractivity contribution is 7.16. The summed E-state index contributed by atoms with van der Waals surface area (Å²) in [5, 5.41) is 14.6. The van der Waals surface area contributed by atoms with Gasteiger partial charge in [-0.1, -0.05) is 0 Å². The molecule has 19 heavy (non-hydrogen) atoms. The van der Waals surface area contributed by atoms with Gasteiger partial charge >= 0.3 is 5.69 Å². The van der Waals surface area contributed by atoms with Crippen molar-refractivity contribution in [1.82, 2.24) is 10.3 Å². The Balaban J connectivity index is 2.15. The molecule has 7 heteroatoms. The van der Waals surface area contributed by atoms with E-state index in [4.69, 9.17) is 0 Å². The smallest absolute Gasteiger partial charge is 0.319 e. The number of thiazole rings is 1. The van der Waals surface area contributed by atoms with Crippen LogP contribution in [0.4, 0.5) is 11.4 Å². The molecule has 1 aliphatic rings. The fourth-order valence-electron chi connectivity index (χ4n) is 2.44. The zero-order valence-corrected chi connectivity index (χ0v) is 11.3. The Labute approximate surface area is 114 Å². The zero-order chi connectivity index (χ0) is 13.4. The highest BCUT2D eigenvalue weighted by atomic mass is 32.1. The summed E-state index contributed by atoms with van der Waals surface area (Å²) in [6.45, 7) is 4.52. The van der Waals surface area contributed by atoms with Crippen LogP contribution >= 0.6 is 11.3 Å². The third kappa shape index (κ3) is 1.95. The highest BCUT2D eigenvalue weighted by Gasteiger charge is 2.30. The quantitative estimate of drug-likeness (QED) is 0.684. The van der Waals surface area contributed by atoms with E-state index >= 15 is 0 Å². The van der Waals surface area contributed by atoms with Crippen molar-refractivity contribution >= 4 is 32.9 Å². The summed E-state index contributed by atoms with van der Waals surface area (Å²) in [5.74, 6) is 0. The van der Waals surface area contributed by atoms with Crippen LogP contribution in [-0.4, -0.2) is 35.6 Å². The lowest BCUT2D eigenvalue weighted by atomic mass is 10.1. The molecule has 1 aromatic carbocycles. The van der Waals surface area contributed by atoms with Gasteiger partial charge in [0.15, 0.2) is 5.52 Å². The summed E-state index contributed by atoms with van der Waals surface area (Å²) in [4.78, 5) is 17.3. The number of fused-ring (bicyclic) bond motifs is 1. The van der Waals surface area contributed by atoms with Crippen molar-refractivity contribution in [2.45, 2.75) is 13.0 Å². The molecule has 1 saturated heterocycles. The predicted octanol–water partition coefficient (Wildman–Crippen LogP) is 2.00. The largest absolute Gasteiger partial charge is 0.361 e. The summed E-state index contributed by atoms with van der Waals surface area (Å²) >= 11 is 1.43. The molecular weight excluding hydrogens is 264 g/mol. The van der Waals surface area contributed by atoms with Crippen LogP contribution in [0.1, 0.15) is 6.92 Å². The van der Waals surface area contributed by atoms with Crippen LogP contribution in [-0.2, 0) is 0 Å². The first-order valence-electron chi connectivity index (χ1n) is 6.20. The maximum absolute atomic E-state index is 11.4. The van der Waals surface area contributed by atoms with Gasteiger partial charge in [0.2, 0.25) is 0 Å². The fraction of sp³-hybridized carbons (Fsp3) is 0.417. The van der Waals surface area contributed by atoms with E-state index in [-0.39, 0.29) is 10.6 Å². The first-order valence-corrected chi connectivity index (χ1v) is 7.08. The Morgan fingerprint density at radius 3 is 2.95 bits per heavy atom. The summed E-state index contributed by atoms with van der Waals surface area (Å²) < 4.78 is 0.859. The van der Waals surface area contributed by atoms with Crippen LogP contribution in [0.15, 0.2) is 17.6 Å². The molecule has 0 spiro atoms. The molecule has 6 nitrogen and oxygen atoms in total.